The van der Waals surface area contributed by atoms with Crippen LogP contribution in [0.3, 0.4) is 0 Å². The third-order valence-electron chi connectivity index (χ3n) is 4.74. The van der Waals surface area contributed by atoms with Crippen molar-refractivity contribution in [1.29, 1.82) is 0 Å². The molecule has 0 heterocycles. The summed E-state index contributed by atoms with van der Waals surface area (Å²) in [7, 11) is 1.66. The summed E-state index contributed by atoms with van der Waals surface area (Å²) < 4.78 is 0. The molecule has 1 fully saturated rings. The van der Waals surface area contributed by atoms with Gasteiger partial charge in [0.25, 0.3) is 0 Å². The van der Waals surface area contributed by atoms with Crippen molar-refractivity contribution in [3.05, 3.63) is 35.4 Å². The number of aromatic carboxylic acids is 1. The third kappa shape index (κ3) is 6.21. The Balaban J connectivity index is 1.70. The maximum Gasteiger partial charge on any atom is 0.335 e. The number of hydrogen-bond acceptors (Lipinski definition) is 3. The van der Waals surface area contributed by atoms with Gasteiger partial charge in [0.05, 0.1) is 12.1 Å². The SMILES string of the molecule is CN(Cc1ccc(C(=O)O)cc1)C(=O)CNC(=O)CCC1CCCC1. The van der Waals surface area contributed by atoms with Crippen molar-refractivity contribution in [2.45, 2.75) is 45.1 Å². The van der Waals surface area contributed by atoms with E-state index in [1.54, 1.807) is 19.2 Å². The highest BCUT2D eigenvalue weighted by Crippen LogP contribution is 2.28. The Hall–Kier alpha value is -2.37. The summed E-state index contributed by atoms with van der Waals surface area (Å²) in [5.74, 6) is -0.551. The van der Waals surface area contributed by atoms with Gasteiger partial charge in [-0.3, -0.25) is 9.59 Å². The minimum atomic E-state index is -0.976. The standard InChI is InChI=1S/C19H26N2O4/c1-21(13-15-6-9-16(10-7-15)19(24)25)18(23)12-20-17(22)11-8-14-4-2-3-5-14/h6-7,9-10,14H,2-5,8,11-13H2,1H3,(H,20,22)(H,24,25). The van der Waals surface area contributed by atoms with Gasteiger partial charge in [0.1, 0.15) is 0 Å². The lowest BCUT2D eigenvalue weighted by molar-refractivity contribution is -0.132. The van der Waals surface area contributed by atoms with Crippen molar-refractivity contribution in [2.75, 3.05) is 13.6 Å². The van der Waals surface area contributed by atoms with Crippen LogP contribution in [-0.2, 0) is 16.1 Å². The van der Waals surface area contributed by atoms with Crippen LogP contribution in [0.2, 0.25) is 0 Å². The average Bonchev–Trinajstić information content (AvgIpc) is 3.11. The molecule has 136 valence electrons. The summed E-state index contributed by atoms with van der Waals surface area (Å²) in [5, 5.41) is 11.6. The molecular formula is C19H26N2O4. The molecule has 2 amide bonds. The molecule has 0 spiro atoms. The van der Waals surface area contributed by atoms with Crippen molar-refractivity contribution in [3.63, 3.8) is 0 Å². The molecule has 0 saturated heterocycles. The predicted octanol–water partition coefficient (Wildman–Crippen LogP) is 2.43. The fourth-order valence-corrected chi connectivity index (χ4v) is 3.15. The summed E-state index contributed by atoms with van der Waals surface area (Å²) in [4.78, 5) is 36.3. The number of carboxylic acid groups (broad SMARTS) is 1. The van der Waals surface area contributed by atoms with E-state index in [2.05, 4.69) is 5.32 Å². The van der Waals surface area contributed by atoms with Crippen LogP contribution in [0, 0.1) is 5.92 Å². The van der Waals surface area contributed by atoms with Crippen LogP contribution in [0.1, 0.15) is 54.4 Å². The van der Waals surface area contributed by atoms with E-state index in [4.69, 9.17) is 5.11 Å². The van der Waals surface area contributed by atoms with Crippen LogP contribution >= 0.6 is 0 Å². The smallest absolute Gasteiger partial charge is 0.335 e. The number of rotatable bonds is 8. The third-order valence-corrected chi connectivity index (χ3v) is 4.74. The van der Waals surface area contributed by atoms with E-state index in [1.807, 2.05) is 0 Å². The number of carboxylic acids is 1. The lowest BCUT2D eigenvalue weighted by Crippen LogP contribution is -2.37. The zero-order valence-corrected chi connectivity index (χ0v) is 14.7. The molecule has 0 atom stereocenters. The molecule has 6 heteroatoms. The number of amides is 2. The minimum absolute atomic E-state index is 0.00674. The van der Waals surface area contributed by atoms with E-state index < -0.39 is 5.97 Å². The molecule has 0 bridgehead atoms. The Kier molecular flexibility index (Phi) is 6.98. The minimum Gasteiger partial charge on any atom is -0.478 e. The van der Waals surface area contributed by atoms with E-state index in [-0.39, 0.29) is 23.9 Å². The first-order valence-corrected chi connectivity index (χ1v) is 8.78. The first kappa shape index (κ1) is 19.0. The number of carbonyl (C=O) groups is 3. The zero-order valence-electron chi connectivity index (χ0n) is 14.7. The number of nitrogens with zero attached hydrogens (tertiary/aromatic N) is 1. The number of likely N-dealkylation sites (N-methyl/N-ethyl adjacent to an activating group) is 1. The van der Waals surface area contributed by atoms with E-state index >= 15 is 0 Å². The van der Waals surface area contributed by atoms with Gasteiger partial charge in [0.15, 0.2) is 0 Å². The van der Waals surface area contributed by atoms with Gasteiger partial charge < -0.3 is 15.3 Å². The molecule has 6 nitrogen and oxygen atoms in total. The van der Waals surface area contributed by atoms with Crippen molar-refractivity contribution in [2.24, 2.45) is 5.92 Å². The van der Waals surface area contributed by atoms with Gasteiger partial charge in [-0.1, -0.05) is 37.8 Å². The second-order valence-electron chi connectivity index (χ2n) is 6.72. The average molecular weight is 346 g/mol. The van der Waals surface area contributed by atoms with Gasteiger partial charge in [-0.25, -0.2) is 4.79 Å². The van der Waals surface area contributed by atoms with Crippen molar-refractivity contribution in [3.8, 4) is 0 Å². The highest BCUT2D eigenvalue weighted by molar-refractivity contribution is 5.87. The fourth-order valence-electron chi connectivity index (χ4n) is 3.15. The van der Waals surface area contributed by atoms with Crippen LogP contribution in [-0.4, -0.2) is 41.4 Å². The molecule has 0 aromatic heterocycles. The molecule has 2 rings (SSSR count). The summed E-state index contributed by atoms with van der Waals surface area (Å²) in [5.41, 5.74) is 1.06. The largest absolute Gasteiger partial charge is 0.478 e. The lowest BCUT2D eigenvalue weighted by Gasteiger charge is -2.18. The second-order valence-corrected chi connectivity index (χ2v) is 6.72. The van der Waals surface area contributed by atoms with Gasteiger partial charge in [-0.15, -0.1) is 0 Å². The van der Waals surface area contributed by atoms with Crippen LogP contribution in [0.4, 0.5) is 0 Å². The number of nitrogens with one attached hydrogen (secondary N) is 1. The molecule has 1 aromatic rings. The predicted molar refractivity (Wildman–Crippen MR) is 94.1 cm³/mol. The Bertz CT molecular complexity index is 606. The summed E-state index contributed by atoms with van der Waals surface area (Å²) >= 11 is 0. The maximum atomic E-state index is 12.1. The zero-order chi connectivity index (χ0) is 18.2. The summed E-state index contributed by atoms with van der Waals surface area (Å²) in [6.45, 7) is 0.365. The lowest BCUT2D eigenvalue weighted by atomic mass is 10.0. The van der Waals surface area contributed by atoms with Gasteiger partial charge in [0, 0.05) is 20.0 Å². The maximum absolute atomic E-state index is 12.1. The van der Waals surface area contributed by atoms with E-state index in [0.29, 0.717) is 18.9 Å². The van der Waals surface area contributed by atoms with Gasteiger partial charge in [0.2, 0.25) is 11.8 Å². The highest BCUT2D eigenvalue weighted by Gasteiger charge is 2.17. The number of carbonyl (C=O) groups excluding carboxylic acids is 2. The first-order valence-electron chi connectivity index (χ1n) is 8.78. The molecule has 25 heavy (non-hydrogen) atoms. The van der Waals surface area contributed by atoms with Crippen LogP contribution in [0.5, 0.6) is 0 Å². The summed E-state index contributed by atoms with van der Waals surface area (Å²) in [6.07, 6.45) is 6.36. The molecule has 1 aromatic carbocycles. The Morgan fingerprint density at radius 2 is 1.80 bits per heavy atom. The van der Waals surface area contributed by atoms with Crippen molar-refractivity contribution in [1.82, 2.24) is 10.2 Å². The topological polar surface area (TPSA) is 86.7 Å². The second kappa shape index (κ2) is 9.20. The quantitative estimate of drug-likeness (QED) is 0.757. The fraction of sp³-hybridized carbons (Fsp3) is 0.526. The van der Waals surface area contributed by atoms with E-state index in [1.165, 1.54) is 42.7 Å². The molecular weight excluding hydrogens is 320 g/mol. The summed E-state index contributed by atoms with van der Waals surface area (Å²) in [6, 6.07) is 6.41. The highest BCUT2D eigenvalue weighted by atomic mass is 16.4. The van der Waals surface area contributed by atoms with E-state index in [9.17, 15) is 14.4 Å². The van der Waals surface area contributed by atoms with Crippen molar-refractivity contribution >= 4 is 17.8 Å². The van der Waals surface area contributed by atoms with Crippen LogP contribution < -0.4 is 5.32 Å². The molecule has 0 radical (unpaired) electrons. The Morgan fingerprint density at radius 1 is 1.16 bits per heavy atom. The van der Waals surface area contributed by atoms with Crippen LogP contribution in [0.15, 0.2) is 24.3 Å². The number of hydrogen-bond donors (Lipinski definition) is 2. The van der Waals surface area contributed by atoms with Gasteiger partial charge in [-0.05, 0) is 30.0 Å². The molecule has 0 aliphatic heterocycles. The molecule has 1 saturated carbocycles. The van der Waals surface area contributed by atoms with Gasteiger partial charge >= 0.3 is 5.97 Å². The van der Waals surface area contributed by atoms with Crippen LogP contribution in [0.25, 0.3) is 0 Å². The monoisotopic (exact) mass is 346 g/mol. The van der Waals surface area contributed by atoms with E-state index in [0.717, 1.165) is 12.0 Å². The first-order chi connectivity index (χ1) is 12.0. The number of benzene rings is 1. The molecule has 1 aliphatic carbocycles. The van der Waals surface area contributed by atoms with Crippen molar-refractivity contribution < 1.29 is 19.5 Å². The molecule has 2 N–H and O–H groups in total. The Morgan fingerprint density at radius 3 is 2.40 bits per heavy atom. The molecule has 1 aliphatic rings. The normalized spacial score (nSPS) is 14.3. The molecule has 0 unspecified atom stereocenters. The Labute approximate surface area is 148 Å². The van der Waals surface area contributed by atoms with Gasteiger partial charge in [-0.2, -0.15) is 0 Å².